The van der Waals surface area contributed by atoms with E-state index < -0.39 is 0 Å². The summed E-state index contributed by atoms with van der Waals surface area (Å²) in [7, 11) is 0. The molecule has 5 heteroatoms. The van der Waals surface area contributed by atoms with Crippen molar-refractivity contribution in [3.63, 3.8) is 0 Å². The normalized spacial score (nSPS) is 16.8. The standard InChI is InChI=1S/C22H25N3O2/c1-2-21(26)24-14-8-13-20(24)22-23-18-11-6-7-12-19(18)25(22)15-16-27-17-9-4-3-5-10-17/h3-7,9-12,20H,2,8,13-16H2,1H3/t20-/m1/s1. The van der Waals surface area contributed by atoms with E-state index in [-0.39, 0.29) is 11.9 Å². The Morgan fingerprint density at radius 1 is 1.15 bits per heavy atom. The molecule has 27 heavy (non-hydrogen) atoms. The van der Waals surface area contributed by atoms with Gasteiger partial charge in [0.2, 0.25) is 5.91 Å². The second-order valence-corrected chi connectivity index (χ2v) is 6.87. The fourth-order valence-corrected chi connectivity index (χ4v) is 3.89. The van der Waals surface area contributed by atoms with Gasteiger partial charge in [-0.3, -0.25) is 4.79 Å². The van der Waals surface area contributed by atoms with Crippen molar-refractivity contribution in [2.45, 2.75) is 38.8 Å². The molecule has 0 radical (unpaired) electrons. The van der Waals surface area contributed by atoms with E-state index in [1.54, 1.807) is 0 Å². The Labute approximate surface area is 159 Å². The molecule has 0 unspecified atom stereocenters. The summed E-state index contributed by atoms with van der Waals surface area (Å²) in [6, 6.07) is 18.1. The molecule has 140 valence electrons. The fourth-order valence-electron chi connectivity index (χ4n) is 3.89. The van der Waals surface area contributed by atoms with E-state index in [1.165, 1.54) is 0 Å². The molecule has 5 nitrogen and oxygen atoms in total. The molecule has 0 N–H and O–H groups in total. The highest BCUT2D eigenvalue weighted by Gasteiger charge is 2.32. The van der Waals surface area contributed by atoms with Gasteiger partial charge in [-0.2, -0.15) is 0 Å². The van der Waals surface area contributed by atoms with Crippen molar-refractivity contribution in [3.8, 4) is 5.75 Å². The minimum Gasteiger partial charge on any atom is -0.492 e. The van der Waals surface area contributed by atoms with Crippen LogP contribution in [0.2, 0.25) is 0 Å². The minimum atomic E-state index is 0.0570. The maximum absolute atomic E-state index is 12.4. The lowest BCUT2D eigenvalue weighted by Crippen LogP contribution is -2.31. The molecule has 1 aromatic heterocycles. The van der Waals surface area contributed by atoms with Crippen molar-refractivity contribution in [1.82, 2.24) is 14.5 Å². The first-order valence-corrected chi connectivity index (χ1v) is 9.70. The lowest BCUT2D eigenvalue weighted by molar-refractivity contribution is -0.131. The number of para-hydroxylation sites is 3. The Balaban J connectivity index is 1.62. The Bertz CT molecular complexity index is 920. The van der Waals surface area contributed by atoms with Gasteiger partial charge in [-0.1, -0.05) is 37.3 Å². The number of carbonyl (C=O) groups excluding carboxylic acids is 1. The Morgan fingerprint density at radius 2 is 1.93 bits per heavy atom. The molecule has 2 aromatic carbocycles. The molecule has 0 saturated carbocycles. The van der Waals surface area contributed by atoms with E-state index in [9.17, 15) is 4.79 Å². The molecule has 1 amide bonds. The van der Waals surface area contributed by atoms with Gasteiger partial charge < -0.3 is 14.2 Å². The zero-order valence-electron chi connectivity index (χ0n) is 15.7. The number of likely N-dealkylation sites (tertiary alicyclic amines) is 1. The number of nitrogens with zero attached hydrogens (tertiary/aromatic N) is 3. The van der Waals surface area contributed by atoms with E-state index in [2.05, 4.69) is 10.6 Å². The monoisotopic (exact) mass is 363 g/mol. The number of hydrogen-bond acceptors (Lipinski definition) is 3. The Hall–Kier alpha value is -2.82. The van der Waals surface area contributed by atoms with Crippen LogP contribution in [0.1, 0.15) is 38.1 Å². The zero-order valence-corrected chi connectivity index (χ0v) is 15.7. The van der Waals surface area contributed by atoms with Crippen LogP contribution in [0.3, 0.4) is 0 Å². The van der Waals surface area contributed by atoms with Crippen LogP contribution < -0.4 is 4.74 Å². The maximum atomic E-state index is 12.4. The highest BCUT2D eigenvalue weighted by Crippen LogP contribution is 2.33. The molecule has 0 spiro atoms. The van der Waals surface area contributed by atoms with Crippen LogP contribution in [0, 0.1) is 0 Å². The molecule has 0 bridgehead atoms. The summed E-state index contributed by atoms with van der Waals surface area (Å²) >= 11 is 0. The van der Waals surface area contributed by atoms with Crippen LogP contribution in [-0.2, 0) is 11.3 Å². The van der Waals surface area contributed by atoms with Crippen LogP contribution in [-0.4, -0.2) is 33.5 Å². The summed E-state index contributed by atoms with van der Waals surface area (Å²) in [5, 5.41) is 0. The summed E-state index contributed by atoms with van der Waals surface area (Å²) in [6.45, 7) is 4.01. The highest BCUT2D eigenvalue weighted by atomic mass is 16.5. The second kappa shape index (κ2) is 7.82. The summed E-state index contributed by atoms with van der Waals surface area (Å²) in [5.41, 5.74) is 2.07. The summed E-state index contributed by atoms with van der Waals surface area (Å²) in [4.78, 5) is 19.3. The van der Waals surface area contributed by atoms with Gasteiger partial charge in [0.05, 0.1) is 23.6 Å². The van der Waals surface area contributed by atoms with E-state index in [0.717, 1.165) is 42.0 Å². The molecule has 2 heterocycles. The van der Waals surface area contributed by atoms with Crippen LogP contribution in [0.4, 0.5) is 0 Å². The number of rotatable bonds is 6. The highest BCUT2D eigenvalue weighted by molar-refractivity contribution is 5.78. The number of aromatic nitrogens is 2. The van der Waals surface area contributed by atoms with E-state index in [1.807, 2.05) is 60.4 Å². The Morgan fingerprint density at radius 3 is 2.74 bits per heavy atom. The molecule has 1 saturated heterocycles. The van der Waals surface area contributed by atoms with Gasteiger partial charge in [0.1, 0.15) is 18.2 Å². The molecule has 1 fully saturated rings. The third kappa shape index (κ3) is 3.54. The lowest BCUT2D eigenvalue weighted by Gasteiger charge is -2.25. The minimum absolute atomic E-state index is 0.0570. The first-order chi connectivity index (χ1) is 13.3. The van der Waals surface area contributed by atoms with Crippen molar-refractivity contribution >= 4 is 16.9 Å². The third-order valence-electron chi connectivity index (χ3n) is 5.18. The van der Waals surface area contributed by atoms with Crippen molar-refractivity contribution in [2.75, 3.05) is 13.2 Å². The van der Waals surface area contributed by atoms with E-state index >= 15 is 0 Å². The van der Waals surface area contributed by atoms with Crippen molar-refractivity contribution in [2.24, 2.45) is 0 Å². The first kappa shape index (κ1) is 17.6. The van der Waals surface area contributed by atoms with Crippen molar-refractivity contribution in [3.05, 3.63) is 60.4 Å². The van der Waals surface area contributed by atoms with Gasteiger partial charge in [-0.15, -0.1) is 0 Å². The predicted molar refractivity (Wildman–Crippen MR) is 106 cm³/mol. The molecule has 1 aliphatic rings. The molecule has 3 aromatic rings. The smallest absolute Gasteiger partial charge is 0.222 e. The molecular weight excluding hydrogens is 338 g/mol. The maximum Gasteiger partial charge on any atom is 0.222 e. The summed E-state index contributed by atoms with van der Waals surface area (Å²) < 4.78 is 8.14. The molecule has 1 atom stereocenters. The quantitative estimate of drug-likeness (QED) is 0.660. The second-order valence-electron chi connectivity index (χ2n) is 6.87. The number of benzene rings is 2. The van der Waals surface area contributed by atoms with Gasteiger partial charge in [-0.25, -0.2) is 4.98 Å². The average molecular weight is 363 g/mol. The van der Waals surface area contributed by atoms with Gasteiger partial charge in [-0.05, 0) is 37.1 Å². The zero-order chi connectivity index (χ0) is 18.6. The van der Waals surface area contributed by atoms with E-state index in [4.69, 9.17) is 9.72 Å². The van der Waals surface area contributed by atoms with Crippen LogP contribution in [0.5, 0.6) is 5.75 Å². The van der Waals surface area contributed by atoms with Crippen molar-refractivity contribution in [1.29, 1.82) is 0 Å². The molecule has 0 aliphatic carbocycles. The third-order valence-corrected chi connectivity index (χ3v) is 5.18. The fraction of sp³-hybridized carbons (Fsp3) is 0.364. The summed E-state index contributed by atoms with van der Waals surface area (Å²) in [6.07, 6.45) is 2.53. The lowest BCUT2D eigenvalue weighted by atomic mass is 10.2. The number of fused-ring (bicyclic) bond motifs is 1. The SMILES string of the molecule is CCC(=O)N1CCC[C@@H]1c1nc2ccccc2n1CCOc1ccccc1. The van der Waals surface area contributed by atoms with Crippen LogP contribution in [0.25, 0.3) is 11.0 Å². The van der Waals surface area contributed by atoms with Crippen LogP contribution in [0.15, 0.2) is 54.6 Å². The molecule has 4 rings (SSSR count). The number of carbonyl (C=O) groups is 1. The molecule has 1 aliphatic heterocycles. The number of imidazole rings is 1. The van der Waals surface area contributed by atoms with Gasteiger partial charge in [0, 0.05) is 13.0 Å². The predicted octanol–water partition coefficient (Wildman–Crippen LogP) is 4.19. The number of hydrogen-bond donors (Lipinski definition) is 0. The van der Waals surface area contributed by atoms with Gasteiger partial charge >= 0.3 is 0 Å². The van der Waals surface area contributed by atoms with Gasteiger partial charge in [0.25, 0.3) is 0 Å². The topological polar surface area (TPSA) is 47.4 Å². The number of amides is 1. The summed E-state index contributed by atoms with van der Waals surface area (Å²) in [5.74, 6) is 2.05. The average Bonchev–Trinajstić information content (AvgIpc) is 3.33. The largest absolute Gasteiger partial charge is 0.492 e. The first-order valence-electron chi connectivity index (χ1n) is 9.70. The molecular formula is C22H25N3O2. The van der Waals surface area contributed by atoms with Crippen molar-refractivity contribution < 1.29 is 9.53 Å². The van der Waals surface area contributed by atoms with E-state index in [0.29, 0.717) is 19.6 Å². The number of ether oxygens (including phenoxy) is 1. The van der Waals surface area contributed by atoms with Crippen LogP contribution >= 0.6 is 0 Å². The van der Waals surface area contributed by atoms with Gasteiger partial charge in [0.15, 0.2) is 0 Å². The Kier molecular flexibility index (Phi) is 5.10.